The number of hydrogen-bond donors (Lipinski definition) is 1. The highest BCUT2D eigenvalue weighted by Gasteiger charge is 2.48. The van der Waals surface area contributed by atoms with Gasteiger partial charge in [0.2, 0.25) is 5.91 Å². The number of carbonyl (C=O) groups excluding carboxylic acids is 1. The Balaban J connectivity index is 1.55. The minimum atomic E-state index is -0.339. The van der Waals surface area contributed by atoms with Crippen LogP contribution in [0.4, 0.5) is 0 Å². The molecule has 7 heteroatoms. The number of aromatic nitrogens is 1. The standard InChI is InChI=1S/C27H32ClN3O3/c1-18(33)31-17-27(10-12-30(13-11-27)15-19-4-6-20(28)7-5-19)25-22-9-8-21(34-3)14-23(22)29(2)26(25)24(31)16-32/h4-9,14,24,32H,10-13,15-17H2,1-3H3/t24-/m0/s1. The van der Waals surface area contributed by atoms with E-state index in [-0.39, 0.29) is 24.0 Å². The van der Waals surface area contributed by atoms with Gasteiger partial charge in [0, 0.05) is 54.6 Å². The molecule has 3 heterocycles. The van der Waals surface area contributed by atoms with Gasteiger partial charge in [-0.15, -0.1) is 0 Å². The normalized spacial score (nSPS) is 20.0. The summed E-state index contributed by atoms with van der Waals surface area (Å²) in [5.41, 5.74) is 4.55. The highest BCUT2D eigenvalue weighted by Crippen LogP contribution is 2.50. The Bertz CT molecular complexity index is 1210. The molecule has 1 N–H and O–H groups in total. The second kappa shape index (κ2) is 8.91. The molecule has 0 radical (unpaired) electrons. The molecule has 0 unspecified atom stereocenters. The molecule has 6 nitrogen and oxygen atoms in total. The quantitative estimate of drug-likeness (QED) is 0.604. The third kappa shape index (κ3) is 3.78. The maximum Gasteiger partial charge on any atom is 0.220 e. The van der Waals surface area contributed by atoms with Gasteiger partial charge < -0.3 is 19.3 Å². The van der Waals surface area contributed by atoms with Crippen LogP contribution < -0.4 is 4.74 Å². The lowest BCUT2D eigenvalue weighted by molar-refractivity contribution is -0.135. The minimum absolute atomic E-state index is 0.00973. The second-order valence-corrected chi connectivity index (χ2v) is 10.2. The van der Waals surface area contributed by atoms with E-state index in [9.17, 15) is 9.90 Å². The molecular weight excluding hydrogens is 450 g/mol. The molecule has 1 amide bonds. The van der Waals surface area contributed by atoms with Gasteiger partial charge in [-0.25, -0.2) is 0 Å². The summed E-state index contributed by atoms with van der Waals surface area (Å²) in [4.78, 5) is 17.1. The Morgan fingerprint density at radius 1 is 1.18 bits per heavy atom. The predicted molar refractivity (Wildman–Crippen MR) is 134 cm³/mol. The molecule has 2 aliphatic rings. The van der Waals surface area contributed by atoms with Gasteiger partial charge in [0.25, 0.3) is 0 Å². The summed E-state index contributed by atoms with van der Waals surface area (Å²) in [6.07, 6.45) is 1.92. The van der Waals surface area contributed by atoms with Crippen LogP contribution in [0.25, 0.3) is 10.9 Å². The van der Waals surface area contributed by atoms with Gasteiger partial charge in [-0.3, -0.25) is 9.69 Å². The number of amides is 1. The van der Waals surface area contributed by atoms with Gasteiger partial charge in [0.05, 0.1) is 25.3 Å². The van der Waals surface area contributed by atoms with Crippen molar-refractivity contribution in [3.05, 3.63) is 64.3 Å². The average molecular weight is 482 g/mol. The van der Waals surface area contributed by atoms with Crippen molar-refractivity contribution in [2.75, 3.05) is 33.4 Å². The molecule has 0 saturated carbocycles. The number of hydrogen-bond acceptors (Lipinski definition) is 4. The highest BCUT2D eigenvalue weighted by atomic mass is 35.5. The zero-order valence-corrected chi connectivity index (χ0v) is 20.8. The van der Waals surface area contributed by atoms with Crippen molar-refractivity contribution in [3.8, 4) is 5.75 Å². The van der Waals surface area contributed by atoms with Crippen LogP contribution in [0.15, 0.2) is 42.5 Å². The predicted octanol–water partition coefficient (Wildman–Crippen LogP) is 4.27. The Morgan fingerprint density at radius 3 is 2.50 bits per heavy atom. The summed E-state index contributed by atoms with van der Waals surface area (Å²) in [6, 6.07) is 13.9. The fourth-order valence-electron chi connectivity index (χ4n) is 6.08. The fourth-order valence-corrected chi connectivity index (χ4v) is 6.21. The van der Waals surface area contributed by atoms with Crippen molar-refractivity contribution < 1.29 is 14.6 Å². The Kier molecular flexibility index (Phi) is 6.09. The van der Waals surface area contributed by atoms with Gasteiger partial charge in [0.15, 0.2) is 0 Å². The monoisotopic (exact) mass is 481 g/mol. The Hall–Kier alpha value is -2.54. The fraction of sp³-hybridized carbons (Fsp3) is 0.444. The van der Waals surface area contributed by atoms with Crippen molar-refractivity contribution in [2.45, 2.75) is 37.8 Å². The molecule has 1 saturated heterocycles. The van der Waals surface area contributed by atoms with Crippen molar-refractivity contribution in [2.24, 2.45) is 7.05 Å². The molecule has 34 heavy (non-hydrogen) atoms. The molecule has 0 aliphatic carbocycles. The number of likely N-dealkylation sites (tertiary alicyclic amines) is 1. The molecule has 1 aromatic heterocycles. The first-order valence-corrected chi connectivity index (χ1v) is 12.3. The van der Waals surface area contributed by atoms with Crippen LogP contribution in [-0.2, 0) is 23.8 Å². The lowest BCUT2D eigenvalue weighted by atomic mass is 9.68. The molecule has 1 spiro atoms. The van der Waals surface area contributed by atoms with E-state index < -0.39 is 0 Å². The van der Waals surface area contributed by atoms with Crippen LogP contribution in [0.2, 0.25) is 5.02 Å². The van der Waals surface area contributed by atoms with Gasteiger partial charge >= 0.3 is 0 Å². The maximum absolute atomic E-state index is 12.7. The molecule has 1 fully saturated rings. The van der Waals surface area contributed by atoms with Crippen LogP contribution in [0, 0.1) is 0 Å². The first-order chi connectivity index (χ1) is 16.4. The van der Waals surface area contributed by atoms with E-state index >= 15 is 0 Å². The number of aliphatic hydroxyl groups is 1. The summed E-state index contributed by atoms with van der Waals surface area (Å²) in [5, 5.41) is 12.3. The van der Waals surface area contributed by atoms with E-state index in [0.29, 0.717) is 6.54 Å². The molecule has 2 aromatic carbocycles. The number of ether oxygens (including phenoxy) is 1. The number of benzene rings is 2. The lowest BCUT2D eigenvalue weighted by Crippen LogP contribution is -2.55. The smallest absolute Gasteiger partial charge is 0.220 e. The highest BCUT2D eigenvalue weighted by molar-refractivity contribution is 6.30. The number of piperidine rings is 1. The molecule has 2 aliphatic heterocycles. The summed E-state index contributed by atoms with van der Waals surface area (Å²) in [5.74, 6) is 0.816. The number of nitrogens with zero attached hydrogens (tertiary/aromatic N) is 3. The molecule has 0 bridgehead atoms. The number of aryl methyl sites for hydroxylation is 1. The third-order valence-electron chi connectivity index (χ3n) is 7.86. The topological polar surface area (TPSA) is 57.9 Å². The first-order valence-electron chi connectivity index (χ1n) is 11.9. The SMILES string of the molecule is COc1ccc2c3c(n(C)c2c1)[C@H](CO)N(C(C)=O)CC31CCN(Cc2ccc(Cl)cc2)CC1. The molecule has 180 valence electrons. The van der Waals surface area contributed by atoms with Crippen LogP contribution in [-0.4, -0.2) is 58.7 Å². The number of carbonyl (C=O) groups is 1. The van der Waals surface area contributed by atoms with E-state index in [1.54, 1.807) is 14.0 Å². The van der Waals surface area contributed by atoms with Gasteiger partial charge in [-0.2, -0.15) is 0 Å². The molecule has 1 atom stereocenters. The first kappa shape index (κ1) is 23.2. The van der Waals surface area contributed by atoms with E-state index in [0.717, 1.165) is 54.5 Å². The largest absolute Gasteiger partial charge is 0.497 e. The zero-order chi connectivity index (χ0) is 24.0. The Morgan fingerprint density at radius 2 is 1.88 bits per heavy atom. The van der Waals surface area contributed by atoms with Crippen molar-refractivity contribution in [3.63, 3.8) is 0 Å². The number of fused-ring (bicyclic) bond motifs is 4. The number of methoxy groups -OCH3 is 1. The second-order valence-electron chi connectivity index (χ2n) is 9.73. The summed E-state index contributed by atoms with van der Waals surface area (Å²) < 4.78 is 7.65. The van der Waals surface area contributed by atoms with Gasteiger partial charge in [-0.1, -0.05) is 23.7 Å². The van der Waals surface area contributed by atoms with Crippen LogP contribution in [0.5, 0.6) is 5.75 Å². The lowest BCUT2D eigenvalue weighted by Gasteiger charge is -2.50. The van der Waals surface area contributed by atoms with E-state index in [2.05, 4.69) is 33.7 Å². The average Bonchev–Trinajstić information content (AvgIpc) is 3.14. The molecule has 5 rings (SSSR count). The number of aliphatic hydroxyl groups excluding tert-OH is 1. The van der Waals surface area contributed by atoms with Gasteiger partial charge in [-0.05, 0) is 61.3 Å². The van der Waals surface area contributed by atoms with Crippen LogP contribution >= 0.6 is 11.6 Å². The number of halogens is 1. The molecule has 3 aromatic rings. The molecular formula is C27H32ClN3O3. The summed E-state index contributed by atoms with van der Waals surface area (Å²) in [6.45, 7) is 4.95. The zero-order valence-electron chi connectivity index (χ0n) is 20.1. The van der Waals surface area contributed by atoms with Crippen molar-refractivity contribution >= 4 is 28.4 Å². The third-order valence-corrected chi connectivity index (χ3v) is 8.11. The van der Waals surface area contributed by atoms with Crippen LogP contribution in [0.1, 0.15) is 42.6 Å². The van der Waals surface area contributed by atoms with Crippen molar-refractivity contribution in [1.82, 2.24) is 14.4 Å². The Labute approximate surface area is 205 Å². The van der Waals surface area contributed by atoms with E-state index in [4.69, 9.17) is 16.3 Å². The van der Waals surface area contributed by atoms with E-state index in [1.165, 1.54) is 16.5 Å². The maximum atomic E-state index is 12.7. The minimum Gasteiger partial charge on any atom is -0.497 e. The van der Waals surface area contributed by atoms with Gasteiger partial charge in [0.1, 0.15) is 5.75 Å². The van der Waals surface area contributed by atoms with E-state index in [1.807, 2.05) is 30.1 Å². The van der Waals surface area contributed by atoms with Crippen molar-refractivity contribution in [1.29, 1.82) is 0 Å². The summed E-state index contributed by atoms with van der Waals surface area (Å²) in [7, 11) is 3.71. The summed E-state index contributed by atoms with van der Waals surface area (Å²) >= 11 is 6.06. The number of rotatable bonds is 4. The van der Waals surface area contributed by atoms with Crippen LogP contribution in [0.3, 0.4) is 0 Å².